The van der Waals surface area contributed by atoms with Gasteiger partial charge in [0.25, 0.3) is 5.70 Å². The zero-order valence-electron chi connectivity index (χ0n) is 15.4. The molecule has 3 rings (SSSR count). The average molecular weight is 386 g/mol. The highest BCUT2D eigenvalue weighted by Gasteiger charge is 2.22. The van der Waals surface area contributed by atoms with Crippen molar-refractivity contribution in [3.8, 4) is 10.6 Å². The Morgan fingerprint density at radius 1 is 1.41 bits per heavy atom. The molecule has 0 saturated heterocycles. The number of hydrogen-bond donors (Lipinski definition) is 1. The lowest BCUT2D eigenvalue weighted by Crippen LogP contribution is -2.01. The second kappa shape index (κ2) is 8.00. The number of aromatic carboxylic acids is 1. The Morgan fingerprint density at radius 3 is 2.74 bits per heavy atom. The fourth-order valence-electron chi connectivity index (χ4n) is 3.08. The van der Waals surface area contributed by atoms with Crippen LogP contribution >= 0.6 is 11.3 Å². The summed E-state index contributed by atoms with van der Waals surface area (Å²) in [5.41, 5.74) is 2.64. The van der Waals surface area contributed by atoms with E-state index in [9.17, 15) is 20.0 Å². The SMILES string of the molecule is Cc1ccc(-c2nc(C)c(C(=O)O)s2)cc1/C(=C\CCCC1CC1)[N+](=O)[O-]. The first-order chi connectivity index (χ1) is 12.9. The number of thiazole rings is 1. The second-order valence-corrected chi connectivity index (χ2v) is 7.99. The number of carboxylic acid groups (broad SMARTS) is 1. The lowest BCUT2D eigenvalue weighted by atomic mass is 10.0. The number of carboxylic acids is 1. The minimum Gasteiger partial charge on any atom is -0.477 e. The molecule has 6 nitrogen and oxygen atoms in total. The molecule has 0 amide bonds. The number of carbonyl (C=O) groups is 1. The van der Waals surface area contributed by atoms with Crippen LogP contribution in [0.25, 0.3) is 16.3 Å². The Morgan fingerprint density at radius 2 is 2.15 bits per heavy atom. The molecule has 1 heterocycles. The minimum atomic E-state index is -1.01. The third-order valence-corrected chi connectivity index (χ3v) is 5.99. The maximum absolute atomic E-state index is 11.6. The first-order valence-corrected chi connectivity index (χ1v) is 9.85. The largest absolute Gasteiger partial charge is 0.477 e. The predicted octanol–water partition coefficient (Wildman–Crippen LogP) is 5.32. The fourth-order valence-corrected chi connectivity index (χ4v) is 3.99. The Kier molecular flexibility index (Phi) is 5.70. The van der Waals surface area contributed by atoms with Crippen LogP contribution in [0.4, 0.5) is 0 Å². The summed E-state index contributed by atoms with van der Waals surface area (Å²) >= 11 is 1.09. The topological polar surface area (TPSA) is 93.3 Å². The van der Waals surface area contributed by atoms with Crippen molar-refractivity contribution < 1.29 is 14.8 Å². The molecular formula is C20H22N2O4S. The van der Waals surface area contributed by atoms with Gasteiger partial charge in [-0.15, -0.1) is 11.3 Å². The number of rotatable bonds is 8. The second-order valence-electron chi connectivity index (χ2n) is 6.99. The van der Waals surface area contributed by atoms with Gasteiger partial charge >= 0.3 is 5.97 Å². The molecule has 0 aliphatic heterocycles. The molecule has 1 saturated carbocycles. The summed E-state index contributed by atoms with van der Waals surface area (Å²) in [7, 11) is 0. The van der Waals surface area contributed by atoms with Gasteiger partial charge in [0.15, 0.2) is 0 Å². The van der Waals surface area contributed by atoms with E-state index in [2.05, 4.69) is 4.98 Å². The summed E-state index contributed by atoms with van der Waals surface area (Å²) in [5.74, 6) is -0.191. The van der Waals surface area contributed by atoms with Gasteiger partial charge in [-0.05, 0) is 50.3 Å². The van der Waals surface area contributed by atoms with Crippen molar-refractivity contribution in [3.05, 3.63) is 56.1 Å². The van der Waals surface area contributed by atoms with Gasteiger partial charge < -0.3 is 5.11 Å². The summed E-state index contributed by atoms with van der Waals surface area (Å²) in [6.45, 7) is 3.50. The summed E-state index contributed by atoms with van der Waals surface area (Å²) in [6.07, 6.45) is 7.09. The van der Waals surface area contributed by atoms with Gasteiger partial charge in [-0.1, -0.05) is 31.4 Å². The average Bonchev–Trinajstić information content (AvgIpc) is 3.35. The molecule has 0 spiro atoms. The lowest BCUT2D eigenvalue weighted by Gasteiger charge is -2.06. The fraction of sp³-hybridized carbons (Fsp3) is 0.400. The lowest BCUT2D eigenvalue weighted by molar-refractivity contribution is -0.375. The standard InChI is InChI=1S/C20H22N2O4S/c1-12-7-10-15(19-21-13(2)18(27-19)20(23)24)11-16(12)17(22(25)26)6-4-3-5-14-8-9-14/h6-7,10-11,14H,3-5,8-9H2,1-2H3,(H,23,24)/b17-6+. The van der Waals surface area contributed by atoms with Gasteiger partial charge in [0.2, 0.25) is 0 Å². The highest BCUT2D eigenvalue weighted by atomic mass is 32.1. The summed E-state index contributed by atoms with van der Waals surface area (Å²) in [6, 6.07) is 5.39. The number of nitro groups is 1. The molecule has 1 aliphatic rings. The van der Waals surface area contributed by atoms with Crippen LogP contribution in [0.5, 0.6) is 0 Å². The highest BCUT2D eigenvalue weighted by Crippen LogP contribution is 2.35. The Hall–Kier alpha value is -2.54. The summed E-state index contributed by atoms with van der Waals surface area (Å²) in [5, 5.41) is 21.4. The monoisotopic (exact) mass is 386 g/mol. The molecule has 1 aromatic heterocycles. The molecule has 2 aromatic rings. The molecule has 0 unspecified atom stereocenters. The van der Waals surface area contributed by atoms with Gasteiger partial charge in [0, 0.05) is 5.56 Å². The summed E-state index contributed by atoms with van der Waals surface area (Å²) in [4.78, 5) is 27.1. The van der Waals surface area contributed by atoms with E-state index in [4.69, 9.17) is 0 Å². The molecule has 1 aliphatic carbocycles. The van der Waals surface area contributed by atoms with Crippen molar-refractivity contribution in [1.82, 2.24) is 4.98 Å². The number of allylic oxidation sites excluding steroid dienone is 1. The molecule has 1 N–H and O–H groups in total. The molecule has 0 atom stereocenters. The number of unbranched alkanes of at least 4 members (excludes halogenated alkanes) is 1. The third kappa shape index (κ3) is 4.60. The summed E-state index contributed by atoms with van der Waals surface area (Å²) < 4.78 is 0. The minimum absolute atomic E-state index is 0.108. The van der Waals surface area contributed by atoms with Crippen LogP contribution < -0.4 is 0 Å². The Bertz CT molecular complexity index is 913. The third-order valence-electron chi connectivity index (χ3n) is 4.80. The van der Waals surface area contributed by atoms with Gasteiger partial charge in [0.1, 0.15) is 9.88 Å². The van der Waals surface area contributed by atoms with E-state index < -0.39 is 5.97 Å². The van der Waals surface area contributed by atoms with Crippen molar-refractivity contribution in [2.24, 2.45) is 5.92 Å². The van der Waals surface area contributed by atoms with Crippen LogP contribution in [-0.4, -0.2) is 21.0 Å². The molecule has 0 radical (unpaired) electrons. The van der Waals surface area contributed by atoms with Gasteiger partial charge in [0.05, 0.1) is 16.2 Å². The van der Waals surface area contributed by atoms with E-state index in [1.165, 1.54) is 12.8 Å². The van der Waals surface area contributed by atoms with E-state index in [-0.39, 0.29) is 15.5 Å². The van der Waals surface area contributed by atoms with Crippen LogP contribution in [0.3, 0.4) is 0 Å². The molecule has 0 bridgehead atoms. The zero-order chi connectivity index (χ0) is 19.6. The van der Waals surface area contributed by atoms with E-state index in [0.29, 0.717) is 28.2 Å². The predicted molar refractivity (Wildman–Crippen MR) is 106 cm³/mol. The smallest absolute Gasteiger partial charge is 0.347 e. The Balaban J connectivity index is 1.90. The van der Waals surface area contributed by atoms with Gasteiger partial charge in [-0.3, -0.25) is 10.1 Å². The molecule has 7 heteroatoms. The first-order valence-electron chi connectivity index (χ1n) is 9.03. The van der Waals surface area contributed by atoms with Crippen LogP contribution in [0, 0.1) is 29.9 Å². The zero-order valence-corrected chi connectivity index (χ0v) is 16.2. The molecule has 142 valence electrons. The van der Waals surface area contributed by atoms with Crippen LogP contribution in [0.1, 0.15) is 58.6 Å². The maximum atomic E-state index is 11.6. The normalized spacial score (nSPS) is 14.4. The number of hydrogen-bond acceptors (Lipinski definition) is 5. The number of benzene rings is 1. The van der Waals surface area contributed by atoms with Crippen molar-refractivity contribution in [1.29, 1.82) is 0 Å². The number of aryl methyl sites for hydroxylation is 2. The van der Waals surface area contributed by atoms with Crippen LogP contribution in [-0.2, 0) is 0 Å². The number of aromatic nitrogens is 1. The van der Waals surface area contributed by atoms with Gasteiger partial charge in [-0.2, -0.15) is 0 Å². The first kappa shape index (κ1) is 19.2. The van der Waals surface area contributed by atoms with Gasteiger partial charge in [-0.25, -0.2) is 9.78 Å². The molecular weight excluding hydrogens is 364 g/mol. The van der Waals surface area contributed by atoms with Crippen molar-refractivity contribution >= 4 is 23.0 Å². The highest BCUT2D eigenvalue weighted by molar-refractivity contribution is 7.17. The number of nitrogens with zero attached hydrogens (tertiary/aromatic N) is 2. The molecule has 1 aromatic carbocycles. The van der Waals surface area contributed by atoms with E-state index in [0.717, 1.165) is 35.7 Å². The van der Waals surface area contributed by atoms with Crippen molar-refractivity contribution in [2.45, 2.75) is 46.0 Å². The van der Waals surface area contributed by atoms with Crippen LogP contribution in [0.2, 0.25) is 0 Å². The molecule has 1 fully saturated rings. The Labute approximate surface area is 161 Å². The van der Waals surface area contributed by atoms with Crippen molar-refractivity contribution in [2.75, 3.05) is 0 Å². The maximum Gasteiger partial charge on any atom is 0.347 e. The van der Waals surface area contributed by atoms with E-state index in [1.807, 2.05) is 19.1 Å². The quantitative estimate of drug-likeness (QED) is 0.376. The van der Waals surface area contributed by atoms with Crippen molar-refractivity contribution in [3.63, 3.8) is 0 Å². The molecule has 27 heavy (non-hydrogen) atoms. The van der Waals surface area contributed by atoms with E-state index in [1.54, 1.807) is 19.1 Å². The van der Waals surface area contributed by atoms with E-state index >= 15 is 0 Å². The van der Waals surface area contributed by atoms with Crippen LogP contribution in [0.15, 0.2) is 24.3 Å².